The minimum atomic E-state index is -2.66. The molecule has 2 aromatic rings. The Balaban J connectivity index is 2.55. The molecule has 0 aliphatic rings. The highest BCUT2D eigenvalue weighted by Crippen LogP contribution is 2.17. The van der Waals surface area contributed by atoms with Gasteiger partial charge in [0, 0.05) is 0 Å². The molecule has 4 heteroatoms. The lowest BCUT2D eigenvalue weighted by Crippen LogP contribution is -2.61. The van der Waals surface area contributed by atoms with E-state index in [0.717, 1.165) is 29.3 Å². The third-order valence-corrected chi connectivity index (χ3v) is 7.95. The zero-order valence-corrected chi connectivity index (χ0v) is 13.9. The van der Waals surface area contributed by atoms with Gasteiger partial charge in [0.15, 0.2) is 0 Å². The van der Waals surface area contributed by atoms with Gasteiger partial charge in [0.1, 0.15) is 6.61 Å². The summed E-state index contributed by atoms with van der Waals surface area (Å²) in [7, 11) is -2.66. The molecule has 0 unspecified atom stereocenters. The highest BCUT2D eigenvalue weighted by molar-refractivity contribution is 6.98. The van der Waals surface area contributed by atoms with E-state index in [-0.39, 0.29) is 0 Å². The van der Waals surface area contributed by atoms with E-state index in [1.165, 1.54) is 0 Å². The van der Waals surface area contributed by atoms with Gasteiger partial charge in [-0.3, -0.25) is 4.79 Å². The zero-order chi connectivity index (χ0) is 15.8. The van der Waals surface area contributed by atoms with E-state index in [2.05, 4.69) is 6.92 Å². The highest BCUT2D eigenvalue weighted by Gasteiger charge is 2.42. The maximum Gasteiger partial charge on any atom is 0.319 e. The van der Waals surface area contributed by atoms with Crippen LogP contribution >= 0.6 is 0 Å². The lowest BCUT2D eigenvalue weighted by Gasteiger charge is -2.31. The predicted molar refractivity (Wildman–Crippen MR) is 90.8 cm³/mol. The lowest BCUT2D eigenvalue weighted by atomic mass is 10.4. The fraction of sp³-hybridized carbons (Fsp3) is 0.278. The largest absolute Gasteiger partial charge is 0.508 e. The number of unbranched alkanes of at least 4 members (excludes halogenated alkanes) is 1. The Morgan fingerprint density at radius 1 is 1.00 bits per heavy atom. The smallest absolute Gasteiger partial charge is 0.319 e. The van der Waals surface area contributed by atoms with Gasteiger partial charge < -0.3 is 9.53 Å². The number of carbonyl (C=O) groups is 1. The van der Waals surface area contributed by atoms with Crippen molar-refractivity contribution in [2.45, 2.75) is 25.8 Å². The summed E-state index contributed by atoms with van der Waals surface area (Å²) in [6.45, 7) is 1.55. The number of benzene rings is 2. The molecule has 0 radical (unpaired) electrons. The molecule has 0 bridgehead atoms. The summed E-state index contributed by atoms with van der Waals surface area (Å²) in [5.41, 5.74) is 0. The Morgan fingerprint density at radius 2 is 1.50 bits per heavy atom. The monoisotopic (exact) mass is 314 g/mol. The number of hydrogen-bond acceptors (Lipinski definition) is 3. The molecule has 22 heavy (non-hydrogen) atoms. The molecule has 0 fully saturated rings. The van der Waals surface area contributed by atoms with E-state index in [4.69, 9.17) is 9.53 Å². The normalized spacial score (nSPS) is 11.2. The van der Waals surface area contributed by atoms with E-state index in [0.29, 0.717) is 0 Å². The number of hydrogen-bond donors (Lipinski definition) is 1. The maximum atomic E-state index is 11.9. The first-order valence-electron chi connectivity index (χ1n) is 7.66. The molecular weight excluding hydrogens is 292 g/mol. The van der Waals surface area contributed by atoms with E-state index >= 15 is 0 Å². The van der Waals surface area contributed by atoms with Crippen LogP contribution in [0.15, 0.2) is 60.7 Å². The third-order valence-electron chi connectivity index (χ3n) is 3.78. The van der Waals surface area contributed by atoms with Crippen molar-refractivity contribution in [3.63, 3.8) is 0 Å². The van der Waals surface area contributed by atoms with E-state index in [9.17, 15) is 4.79 Å². The van der Waals surface area contributed by atoms with Crippen LogP contribution in [0.1, 0.15) is 19.8 Å². The summed E-state index contributed by atoms with van der Waals surface area (Å²) in [5.74, 6) is -0.546. The standard InChI is InChI=1S/C18H22O3Si/c1-2-3-14-22(21-18(20)15-19,16-10-6-4-7-11-16)17-12-8-5-9-13-17/h4-13,19H,2-3,14-15H2,1H3. The first-order valence-corrected chi connectivity index (χ1v) is 9.78. The SMILES string of the molecule is CCCC[Si](OC(=O)CO)(c1ccccc1)c1ccccc1. The highest BCUT2D eigenvalue weighted by atomic mass is 28.4. The molecule has 1 N–H and O–H groups in total. The van der Waals surface area contributed by atoms with Gasteiger partial charge >= 0.3 is 14.3 Å². The molecule has 0 spiro atoms. The average molecular weight is 314 g/mol. The first-order chi connectivity index (χ1) is 10.7. The van der Waals surface area contributed by atoms with E-state index in [1.807, 2.05) is 60.7 Å². The van der Waals surface area contributed by atoms with Crippen LogP contribution in [-0.4, -0.2) is 26.0 Å². The van der Waals surface area contributed by atoms with E-state index < -0.39 is 20.9 Å². The summed E-state index contributed by atoms with van der Waals surface area (Å²) >= 11 is 0. The van der Waals surface area contributed by atoms with Crippen molar-refractivity contribution >= 4 is 24.7 Å². The second-order valence-electron chi connectivity index (χ2n) is 5.29. The van der Waals surface area contributed by atoms with Crippen LogP contribution in [0, 0.1) is 0 Å². The number of aliphatic hydroxyl groups is 1. The van der Waals surface area contributed by atoms with Crippen LogP contribution in [0.4, 0.5) is 0 Å². The predicted octanol–water partition coefficient (Wildman–Crippen LogP) is 2.08. The average Bonchev–Trinajstić information content (AvgIpc) is 2.60. The fourth-order valence-corrected chi connectivity index (χ4v) is 6.71. The van der Waals surface area contributed by atoms with Gasteiger partial charge in [-0.25, -0.2) is 0 Å². The van der Waals surface area contributed by atoms with Crippen molar-refractivity contribution < 1.29 is 14.3 Å². The number of carbonyl (C=O) groups excluding carboxylic acids is 1. The Hall–Kier alpha value is -1.91. The summed E-state index contributed by atoms with van der Waals surface area (Å²) in [5, 5.41) is 11.3. The van der Waals surface area contributed by atoms with Gasteiger partial charge in [-0.15, -0.1) is 0 Å². The molecule has 0 aliphatic carbocycles. The van der Waals surface area contributed by atoms with Gasteiger partial charge in [0.05, 0.1) is 0 Å². The molecule has 0 aromatic heterocycles. The topological polar surface area (TPSA) is 46.5 Å². The van der Waals surface area contributed by atoms with Gasteiger partial charge in [0.2, 0.25) is 0 Å². The third kappa shape index (κ3) is 3.64. The molecule has 3 nitrogen and oxygen atoms in total. The van der Waals surface area contributed by atoms with Crippen molar-refractivity contribution in [1.82, 2.24) is 0 Å². The second kappa shape index (κ2) is 7.92. The number of aliphatic hydroxyl groups excluding tert-OH is 1. The van der Waals surface area contributed by atoms with Crippen molar-refractivity contribution in [3.8, 4) is 0 Å². The minimum absolute atomic E-state index is 0.546. The number of rotatable bonds is 7. The molecule has 0 aliphatic heterocycles. The second-order valence-corrected chi connectivity index (χ2v) is 8.81. The Bertz CT molecular complexity index is 544. The van der Waals surface area contributed by atoms with Crippen LogP contribution in [0.5, 0.6) is 0 Å². The Morgan fingerprint density at radius 3 is 1.91 bits per heavy atom. The first kappa shape index (κ1) is 16.5. The lowest BCUT2D eigenvalue weighted by molar-refractivity contribution is -0.138. The molecule has 116 valence electrons. The molecule has 2 rings (SSSR count). The maximum absolute atomic E-state index is 11.9. The minimum Gasteiger partial charge on any atom is -0.508 e. The Labute approximate surface area is 132 Å². The molecule has 2 aromatic carbocycles. The van der Waals surface area contributed by atoms with E-state index in [1.54, 1.807) is 0 Å². The fourth-order valence-electron chi connectivity index (χ4n) is 2.69. The molecule has 0 saturated heterocycles. The van der Waals surface area contributed by atoms with Gasteiger partial charge in [-0.2, -0.15) is 0 Å². The van der Waals surface area contributed by atoms with Crippen LogP contribution < -0.4 is 10.4 Å². The van der Waals surface area contributed by atoms with Crippen LogP contribution in [0.3, 0.4) is 0 Å². The molecule has 0 heterocycles. The van der Waals surface area contributed by atoms with Crippen molar-refractivity contribution in [2.75, 3.05) is 6.61 Å². The molecular formula is C18H22O3Si. The van der Waals surface area contributed by atoms with Crippen molar-refractivity contribution in [2.24, 2.45) is 0 Å². The summed E-state index contributed by atoms with van der Waals surface area (Å²) < 4.78 is 5.91. The molecule has 0 saturated carbocycles. The van der Waals surface area contributed by atoms with Gasteiger partial charge in [0.25, 0.3) is 0 Å². The Kier molecular flexibility index (Phi) is 5.92. The van der Waals surface area contributed by atoms with Crippen LogP contribution in [0.25, 0.3) is 0 Å². The summed E-state index contributed by atoms with van der Waals surface area (Å²) in [4.78, 5) is 11.9. The van der Waals surface area contributed by atoms with Gasteiger partial charge in [-0.1, -0.05) is 80.4 Å². The van der Waals surface area contributed by atoms with Crippen LogP contribution in [-0.2, 0) is 9.22 Å². The van der Waals surface area contributed by atoms with Gasteiger partial charge in [-0.05, 0) is 16.4 Å². The summed E-state index contributed by atoms with van der Waals surface area (Å²) in [6.07, 6.45) is 2.01. The summed E-state index contributed by atoms with van der Waals surface area (Å²) in [6, 6.07) is 20.7. The van der Waals surface area contributed by atoms with Crippen LogP contribution in [0.2, 0.25) is 6.04 Å². The zero-order valence-electron chi connectivity index (χ0n) is 12.9. The van der Waals surface area contributed by atoms with Crippen molar-refractivity contribution in [1.29, 1.82) is 0 Å². The van der Waals surface area contributed by atoms with Crippen molar-refractivity contribution in [3.05, 3.63) is 60.7 Å². The molecule has 0 atom stereocenters. The quantitative estimate of drug-likeness (QED) is 0.796. The molecule has 0 amide bonds.